The third-order valence-corrected chi connectivity index (χ3v) is 6.85. The van der Waals surface area contributed by atoms with E-state index < -0.39 is 27.8 Å². The van der Waals surface area contributed by atoms with Gasteiger partial charge < -0.3 is 5.32 Å². The number of benzene rings is 1. The lowest BCUT2D eigenvalue weighted by molar-refractivity contribution is -0.141. The Labute approximate surface area is 173 Å². The van der Waals surface area contributed by atoms with Crippen molar-refractivity contribution in [3.05, 3.63) is 53.3 Å². The van der Waals surface area contributed by atoms with E-state index in [9.17, 15) is 26.4 Å². The van der Waals surface area contributed by atoms with Gasteiger partial charge in [-0.25, -0.2) is 13.4 Å². The fraction of sp³-hybridized carbons (Fsp3) is 0.400. The molecule has 1 fully saturated rings. The van der Waals surface area contributed by atoms with E-state index in [4.69, 9.17) is 0 Å². The number of aromatic nitrogens is 1. The molecule has 1 aliphatic heterocycles. The molecule has 10 heteroatoms. The van der Waals surface area contributed by atoms with E-state index in [2.05, 4.69) is 10.3 Å². The van der Waals surface area contributed by atoms with E-state index in [0.29, 0.717) is 18.8 Å². The van der Waals surface area contributed by atoms with Crippen molar-refractivity contribution in [1.82, 2.24) is 9.29 Å². The van der Waals surface area contributed by atoms with Crippen molar-refractivity contribution in [2.75, 3.05) is 18.4 Å². The maximum atomic E-state index is 12.8. The lowest BCUT2D eigenvalue weighted by atomic mass is 10.1. The Kier molecular flexibility index (Phi) is 6.47. The summed E-state index contributed by atoms with van der Waals surface area (Å²) in [5.41, 5.74) is -0.791. The molecule has 1 aromatic carbocycles. The minimum Gasteiger partial charge on any atom is -0.322 e. The number of aryl methyl sites for hydroxylation is 1. The number of pyridine rings is 1. The quantitative estimate of drug-likeness (QED) is 0.770. The standard InChI is InChI=1S/C20H22F3N3O3S/c1-14-17(10-11-18(24-14)20(21,22)23)19(27)25-15-6-8-16(9-7-15)30(28,29)26-12-4-2-3-5-13-26/h6-11H,2-5,12-13H2,1H3,(H,25,27). The van der Waals surface area contributed by atoms with Crippen LogP contribution >= 0.6 is 0 Å². The number of alkyl halides is 3. The van der Waals surface area contributed by atoms with Crippen molar-refractivity contribution in [2.24, 2.45) is 0 Å². The second-order valence-electron chi connectivity index (χ2n) is 7.12. The summed E-state index contributed by atoms with van der Waals surface area (Å²) in [6.07, 6.45) is -0.916. The van der Waals surface area contributed by atoms with Crippen LogP contribution in [-0.2, 0) is 16.2 Å². The summed E-state index contributed by atoms with van der Waals surface area (Å²) in [5, 5.41) is 2.56. The summed E-state index contributed by atoms with van der Waals surface area (Å²) in [7, 11) is -3.60. The monoisotopic (exact) mass is 441 g/mol. The van der Waals surface area contributed by atoms with Gasteiger partial charge in [0.05, 0.1) is 16.2 Å². The van der Waals surface area contributed by atoms with Gasteiger partial charge in [-0.05, 0) is 56.2 Å². The Morgan fingerprint density at radius 1 is 1.00 bits per heavy atom. The van der Waals surface area contributed by atoms with Gasteiger partial charge in [-0.15, -0.1) is 0 Å². The molecule has 0 spiro atoms. The molecule has 0 aliphatic carbocycles. The molecule has 0 bridgehead atoms. The number of halogens is 3. The Bertz CT molecular complexity index is 1010. The van der Waals surface area contributed by atoms with Gasteiger partial charge in [0.1, 0.15) is 5.69 Å². The molecule has 1 saturated heterocycles. The molecule has 2 heterocycles. The molecule has 1 amide bonds. The number of anilines is 1. The van der Waals surface area contributed by atoms with Crippen LogP contribution in [0.5, 0.6) is 0 Å². The van der Waals surface area contributed by atoms with Gasteiger partial charge >= 0.3 is 6.18 Å². The first-order valence-corrected chi connectivity index (χ1v) is 11.0. The fourth-order valence-electron chi connectivity index (χ4n) is 3.30. The van der Waals surface area contributed by atoms with Crippen LogP contribution in [0.1, 0.15) is 47.4 Å². The van der Waals surface area contributed by atoms with Crippen LogP contribution in [0.25, 0.3) is 0 Å². The number of amides is 1. The van der Waals surface area contributed by atoms with Crippen molar-refractivity contribution in [3.8, 4) is 0 Å². The van der Waals surface area contributed by atoms with E-state index in [0.717, 1.165) is 37.8 Å². The lowest BCUT2D eigenvalue weighted by Gasteiger charge is -2.20. The third-order valence-electron chi connectivity index (χ3n) is 4.94. The SMILES string of the molecule is Cc1nc(C(F)(F)F)ccc1C(=O)Nc1ccc(S(=O)(=O)N2CCCCCC2)cc1. The van der Waals surface area contributed by atoms with Crippen LogP contribution in [0.2, 0.25) is 0 Å². The first kappa shape index (κ1) is 22.2. The second-order valence-corrected chi connectivity index (χ2v) is 9.06. The maximum Gasteiger partial charge on any atom is 0.433 e. The van der Waals surface area contributed by atoms with Crippen molar-refractivity contribution >= 4 is 21.6 Å². The molecular formula is C20H22F3N3O3S. The Hall–Kier alpha value is -2.46. The number of hydrogen-bond acceptors (Lipinski definition) is 4. The summed E-state index contributed by atoms with van der Waals surface area (Å²) >= 11 is 0. The number of carbonyl (C=O) groups excluding carboxylic acids is 1. The van der Waals surface area contributed by atoms with Gasteiger partial charge in [-0.2, -0.15) is 17.5 Å². The maximum absolute atomic E-state index is 12.8. The molecule has 1 N–H and O–H groups in total. The lowest BCUT2D eigenvalue weighted by Crippen LogP contribution is -2.31. The number of sulfonamides is 1. The molecule has 162 valence electrons. The van der Waals surface area contributed by atoms with Crippen molar-refractivity contribution in [3.63, 3.8) is 0 Å². The van der Waals surface area contributed by atoms with Gasteiger partial charge in [-0.3, -0.25) is 4.79 Å². The highest BCUT2D eigenvalue weighted by atomic mass is 32.2. The van der Waals surface area contributed by atoms with E-state index in [1.54, 1.807) is 0 Å². The molecule has 6 nitrogen and oxygen atoms in total. The zero-order valence-corrected chi connectivity index (χ0v) is 17.2. The summed E-state index contributed by atoms with van der Waals surface area (Å²) in [6.45, 7) is 2.29. The van der Waals surface area contributed by atoms with Crippen LogP contribution in [0.15, 0.2) is 41.3 Å². The van der Waals surface area contributed by atoms with Gasteiger partial charge in [0.2, 0.25) is 10.0 Å². The Morgan fingerprint density at radius 2 is 1.60 bits per heavy atom. The largest absolute Gasteiger partial charge is 0.433 e. The van der Waals surface area contributed by atoms with Crippen LogP contribution in [0.4, 0.5) is 18.9 Å². The van der Waals surface area contributed by atoms with Gasteiger partial charge in [-0.1, -0.05) is 12.8 Å². The normalized spacial score (nSPS) is 16.1. The van der Waals surface area contributed by atoms with Crippen LogP contribution in [-0.4, -0.2) is 36.7 Å². The molecule has 0 saturated carbocycles. The first-order valence-electron chi connectivity index (χ1n) is 9.55. The zero-order valence-electron chi connectivity index (χ0n) is 16.4. The molecular weight excluding hydrogens is 419 g/mol. The molecule has 30 heavy (non-hydrogen) atoms. The summed E-state index contributed by atoms with van der Waals surface area (Å²) in [6, 6.07) is 7.55. The number of carbonyl (C=O) groups is 1. The Morgan fingerprint density at radius 3 is 2.13 bits per heavy atom. The molecule has 1 aromatic heterocycles. The average Bonchev–Trinajstić information content (AvgIpc) is 2.97. The molecule has 0 radical (unpaired) electrons. The molecule has 0 atom stereocenters. The van der Waals surface area contributed by atoms with E-state index in [1.807, 2.05) is 0 Å². The molecule has 3 rings (SSSR count). The van der Waals surface area contributed by atoms with E-state index in [-0.39, 0.29) is 16.2 Å². The van der Waals surface area contributed by atoms with Gasteiger partial charge in [0, 0.05) is 18.8 Å². The summed E-state index contributed by atoms with van der Waals surface area (Å²) in [4.78, 5) is 16.0. The minimum atomic E-state index is -4.59. The van der Waals surface area contributed by atoms with Gasteiger partial charge in [0.15, 0.2) is 0 Å². The first-order chi connectivity index (χ1) is 14.1. The predicted octanol–water partition coefficient (Wildman–Crippen LogP) is 4.23. The topological polar surface area (TPSA) is 79.4 Å². The number of hydrogen-bond donors (Lipinski definition) is 1. The molecule has 1 aliphatic rings. The fourth-order valence-corrected chi connectivity index (χ4v) is 4.82. The minimum absolute atomic E-state index is 0.00395. The summed E-state index contributed by atoms with van der Waals surface area (Å²) in [5.74, 6) is -0.628. The van der Waals surface area contributed by atoms with Crippen LogP contribution in [0, 0.1) is 6.92 Å². The Balaban J connectivity index is 1.73. The third kappa shape index (κ3) is 4.99. The smallest absolute Gasteiger partial charge is 0.322 e. The van der Waals surface area contributed by atoms with Crippen molar-refractivity contribution in [2.45, 2.75) is 43.7 Å². The molecule has 2 aromatic rings. The average molecular weight is 441 g/mol. The van der Waals surface area contributed by atoms with E-state index >= 15 is 0 Å². The highest BCUT2D eigenvalue weighted by Crippen LogP contribution is 2.28. The zero-order chi connectivity index (χ0) is 21.9. The molecule has 0 unspecified atom stereocenters. The predicted molar refractivity (Wildman–Crippen MR) is 106 cm³/mol. The van der Waals surface area contributed by atoms with Crippen LogP contribution < -0.4 is 5.32 Å². The number of nitrogens with zero attached hydrogens (tertiary/aromatic N) is 2. The highest BCUT2D eigenvalue weighted by molar-refractivity contribution is 7.89. The van der Waals surface area contributed by atoms with Crippen molar-refractivity contribution < 1.29 is 26.4 Å². The number of rotatable bonds is 4. The van der Waals surface area contributed by atoms with Gasteiger partial charge in [0.25, 0.3) is 5.91 Å². The highest BCUT2D eigenvalue weighted by Gasteiger charge is 2.33. The number of nitrogens with one attached hydrogen (secondary N) is 1. The van der Waals surface area contributed by atoms with Crippen LogP contribution in [0.3, 0.4) is 0 Å². The van der Waals surface area contributed by atoms with E-state index in [1.165, 1.54) is 35.5 Å². The van der Waals surface area contributed by atoms with Crippen molar-refractivity contribution in [1.29, 1.82) is 0 Å². The second kappa shape index (κ2) is 8.73. The summed E-state index contributed by atoms with van der Waals surface area (Å²) < 4.78 is 65.2.